The minimum atomic E-state index is -0.568. The number of ether oxygens (including phenoxy) is 1. The molecule has 0 aliphatic carbocycles. The Hall–Kier alpha value is -2.63. The van der Waals surface area contributed by atoms with Crippen molar-refractivity contribution in [3.8, 4) is 5.88 Å². The number of nitrogens with one attached hydrogen (secondary N) is 1. The van der Waals surface area contributed by atoms with Crippen LogP contribution in [0.25, 0.3) is 10.9 Å². The van der Waals surface area contributed by atoms with Gasteiger partial charge in [0, 0.05) is 26.2 Å². The maximum absolute atomic E-state index is 11.8. The summed E-state index contributed by atoms with van der Waals surface area (Å²) in [4.78, 5) is 34.4. The highest BCUT2D eigenvalue weighted by Gasteiger charge is 2.22. The second-order valence-electron chi connectivity index (χ2n) is 4.33. The van der Waals surface area contributed by atoms with E-state index in [1.54, 1.807) is 24.3 Å². The van der Waals surface area contributed by atoms with Crippen LogP contribution in [0.2, 0.25) is 0 Å². The van der Waals surface area contributed by atoms with Crippen molar-refractivity contribution in [2.75, 3.05) is 5.32 Å². The zero-order chi connectivity index (χ0) is 14.9. The zero-order valence-corrected chi connectivity index (χ0v) is 11.4. The predicted molar refractivity (Wildman–Crippen MR) is 73.9 cm³/mol. The number of esters is 1. The number of nitrogens with zero attached hydrogens (tertiary/aromatic N) is 1. The molecule has 0 bridgehead atoms. The molecule has 1 heterocycles. The van der Waals surface area contributed by atoms with Crippen LogP contribution in [-0.2, 0) is 9.59 Å². The van der Waals surface area contributed by atoms with Gasteiger partial charge in [-0.25, -0.2) is 4.57 Å². The number of hydrogen-bond donors (Lipinski definition) is 1. The molecule has 1 aromatic heterocycles. The number of fused-ring (bicyclic) bond motifs is 1. The summed E-state index contributed by atoms with van der Waals surface area (Å²) in [6.45, 7) is 3.94. The highest BCUT2D eigenvalue weighted by molar-refractivity contribution is 6.08. The van der Waals surface area contributed by atoms with Crippen LogP contribution in [0, 0.1) is 0 Å². The first kappa shape index (κ1) is 13.8. The third-order valence-corrected chi connectivity index (χ3v) is 2.69. The van der Waals surface area contributed by atoms with Crippen molar-refractivity contribution in [1.29, 1.82) is 0 Å². The predicted octanol–water partition coefficient (Wildman–Crippen LogP) is 2.19. The Kier molecular flexibility index (Phi) is 3.56. The van der Waals surface area contributed by atoms with Gasteiger partial charge in [0.2, 0.25) is 17.7 Å². The summed E-state index contributed by atoms with van der Waals surface area (Å²) in [5.74, 6) is -1.16. The fourth-order valence-electron chi connectivity index (χ4n) is 2.06. The van der Waals surface area contributed by atoms with Gasteiger partial charge in [0.25, 0.3) is 0 Å². The Bertz CT molecular complexity index is 715. The number of benzene rings is 1. The van der Waals surface area contributed by atoms with E-state index in [0.29, 0.717) is 16.6 Å². The number of anilines is 1. The number of carbonyl (C=O) groups is 3. The van der Waals surface area contributed by atoms with Crippen molar-refractivity contribution in [2.45, 2.75) is 20.8 Å². The van der Waals surface area contributed by atoms with E-state index in [2.05, 4.69) is 5.32 Å². The molecule has 2 rings (SSSR count). The summed E-state index contributed by atoms with van der Waals surface area (Å²) >= 11 is 0. The van der Waals surface area contributed by atoms with E-state index in [4.69, 9.17) is 4.74 Å². The first-order chi connectivity index (χ1) is 9.41. The van der Waals surface area contributed by atoms with Crippen LogP contribution < -0.4 is 10.1 Å². The van der Waals surface area contributed by atoms with E-state index in [1.807, 2.05) is 0 Å². The summed E-state index contributed by atoms with van der Waals surface area (Å²) in [5.41, 5.74) is 0.888. The molecule has 1 aromatic carbocycles. The van der Waals surface area contributed by atoms with Gasteiger partial charge in [0.15, 0.2) is 0 Å². The van der Waals surface area contributed by atoms with Crippen molar-refractivity contribution < 1.29 is 19.1 Å². The number of para-hydroxylation sites is 1. The SMILES string of the molecule is CC(=O)Nc1c(OC(C)=O)n(C(C)=O)c2ccccc12. The topological polar surface area (TPSA) is 77.4 Å². The standard InChI is InChI=1S/C14H14N2O4/c1-8(17)15-13-11-6-4-5-7-12(11)16(9(2)18)14(13)20-10(3)19/h4-7H,1-3H3,(H,15,17). The summed E-state index contributed by atoms with van der Waals surface area (Å²) in [7, 11) is 0. The van der Waals surface area contributed by atoms with Gasteiger partial charge in [0.05, 0.1) is 5.52 Å². The van der Waals surface area contributed by atoms with Gasteiger partial charge in [-0.2, -0.15) is 0 Å². The second kappa shape index (κ2) is 5.16. The van der Waals surface area contributed by atoms with Crippen molar-refractivity contribution in [2.24, 2.45) is 0 Å². The lowest BCUT2D eigenvalue weighted by molar-refractivity contribution is -0.132. The average molecular weight is 274 g/mol. The van der Waals surface area contributed by atoms with Crippen molar-refractivity contribution in [1.82, 2.24) is 4.57 Å². The third-order valence-electron chi connectivity index (χ3n) is 2.69. The average Bonchev–Trinajstić information content (AvgIpc) is 2.62. The van der Waals surface area contributed by atoms with E-state index < -0.39 is 5.97 Å². The maximum Gasteiger partial charge on any atom is 0.309 e. The van der Waals surface area contributed by atoms with Gasteiger partial charge < -0.3 is 10.1 Å². The Labute approximate surface area is 115 Å². The first-order valence-electron chi connectivity index (χ1n) is 6.02. The monoisotopic (exact) mass is 274 g/mol. The van der Waals surface area contributed by atoms with Crippen LogP contribution in [0.15, 0.2) is 24.3 Å². The van der Waals surface area contributed by atoms with Crippen molar-refractivity contribution in [3.05, 3.63) is 24.3 Å². The van der Waals surface area contributed by atoms with Crippen LogP contribution in [-0.4, -0.2) is 22.4 Å². The first-order valence-corrected chi connectivity index (χ1v) is 6.02. The lowest BCUT2D eigenvalue weighted by atomic mass is 10.2. The van der Waals surface area contributed by atoms with Gasteiger partial charge >= 0.3 is 5.97 Å². The van der Waals surface area contributed by atoms with Gasteiger partial charge in [-0.1, -0.05) is 18.2 Å². The van der Waals surface area contributed by atoms with Gasteiger partial charge in [-0.3, -0.25) is 14.4 Å². The molecule has 0 spiro atoms. The second-order valence-corrected chi connectivity index (χ2v) is 4.33. The van der Waals surface area contributed by atoms with Gasteiger partial charge in [-0.15, -0.1) is 0 Å². The number of carbonyl (C=O) groups excluding carboxylic acids is 3. The molecule has 0 aliphatic rings. The summed E-state index contributed by atoms with van der Waals surface area (Å²) in [6.07, 6.45) is 0. The number of amides is 1. The minimum absolute atomic E-state index is 0.0291. The lowest BCUT2D eigenvalue weighted by Gasteiger charge is -2.08. The fraction of sp³-hybridized carbons (Fsp3) is 0.214. The molecule has 6 nitrogen and oxygen atoms in total. The van der Waals surface area contributed by atoms with E-state index in [9.17, 15) is 14.4 Å². The molecular weight excluding hydrogens is 260 g/mol. The summed E-state index contributed by atoms with van der Waals surface area (Å²) in [5, 5.41) is 3.24. The zero-order valence-electron chi connectivity index (χ0n) is 11.4. The van der Waals surface area contributed by atoms with Crippen LogP contribution in [0.5, 0.6) is 5.88 Å². The largest absolute Gasteiger partial charge is 0.407 e. The van der Waals surface area contributed by atoms with Crippen LogP contribution in [0.4, 0.5) is 5.69 Å². The highest BCUT2D eigenvalue weighted by atomic mass is 16.5. The van der Waals surface area contributed by atoms with E-state index in [0.717, 1.165) is 0 Å². The third kappa shape index (κ3) is 2.40. The highest BCUT2D eigenvalue weighted by Crippen LogP contribution is 2.37. The molecule has 0 saturated heterocycles. The van der Waals surface area contributed by atoms with Gasteiger partial charge in [-0.05, 0) is 6.07 Å². The van der Waals surface area contributed by atoms with E-state index in [-0.39, 0.29) is 17.7 Å². The molecule has 0 fully saturated rings. The van der Waals surface area contributed by atoms with E-state index >= 15 is 0 Å². The smallest absolute Gasteiger partial charge is 0.309 e. The molecule has 0 radical (unpaired) electrons. The number of rotatable bonds is 2. The van der Waals surface area contributed by atoms with Crippen LogP contribution in [0.1, 0.15) is 25.6 Å². The normalized spacial score (nSPS) is 10.3. The molecule has 1 N–H and O–H groups in total. The molecule has 0 unspecified atom stereocenters. The fourth-order valence-corrected chi connectivity index (χ4v) is 2.06. The molecule has 0 atom stereocenters. The molecule has 0 saturated carbocycles. The molecular formula is C14H14N2O4. The molecule has 1 amide bonds. The Morgan fingerprint density at radius 3 is 2.30 bits per heavy atom. The van der Waals surface area contributed by atoms with Crippen molar-refractivity contribution in [3.63, 3.8) is 0 Å². The van der Waals surface area contributed by atoms with Gasteiger partial charge in [0.1, 0.15) is 5.69 Å². The molecule has 20 heavy (non-hydrogen) atoms. The Balaban J connectivity index is 2.81. The molecule has 0 aliphatic heterocycles. The number of hydrogen-bond acceptors (Lipinski definition) is 4. The Morgan fingerprint density at radius 1 is 1.10 bits per heavy atom. The summed E-state index contributed by atoms with van der Waals surface area (Å²) < 4.78 is 6.38. The number of aromatic nitrogens is 1. The lowest BCUT2D eigenvalue weighted by Crippen LogP contribution is -2.14. The minimum Gasteiger partial charge on any atom is -0.407 e. The molecule has 2 aromatic rings. The summed E-state index contributed by atoms with van der Waals surface area (Å²) in [6, 6.07) is 6.99. The maximum atomic E-state index is 11.8. The van der Waals surface area contributed by atoms with Crippen LogP contribution >= 0.6 is 0 Å². The van der Waals surface area contributed by atoms with Crippen molar-refractivity contribution >= 4 is 34.4 Å². The Morgan fingerprint density at radius 2 is 1.75 bits per heavy atom. The quantitative estimate of drug-likeness (QED) is 0.851. The van der Waals surface area contributed by atoms with E-state index in [1.165, 1.54) is 25.3 Å². The molecule has 104 valence electrons. The van der Waals surface area contributed by atoms with Crippen LogP contribution in [0.3, 0.4) is 0 Å². The molecule has 6 heteroatoms.